The van der Waals surface area contributed by atoms with Gasteiger partial charge in [0.05, 0.1) is 16.8 Å². The zero-order chi connectivity index (χ0) is 13.1. The van der Waals surface area contributed by atoms with Crippen molar-refractivity contribution in [3.63, 3.8) is 0 Å². The first-order chi connectivity index (χ1) is 8.61. The van der Waals surface area contributed by atoms with Crippen LogP contribution in [0.3, 0.4) is 0 Å². The molecule has 1 heterocycles. The molecule has 0 bridgehead atoms. The summed E-state index contributed by atoms with van der Waals surface area (Å²) in [6, 6.07) is 6.09. The Kier molecular flexibility index (Phi) is 3.81. The third-order valence-electron chi connectivity index (χ3n) is 2.43. The SMILES string of the molecule is CCOc1ccc2s/c(=N\N=C(C)C)n(C)c2c1. The van der Waals surface area contributed by atoms with Crippen LogP contribution in [0.1, 0.15) is 20.8 Å². The van der Waals surface area contributed by atoms with Crippen molar-refractivity contribution in [1.82, 2.24) is 4.57 Å². The molecule has 0 aliphatic rings. The van der Waals surface area contributed by atoms with Crippen molar-refractivity contribution < 1.29 is 4.74 Å². The summed E-state index contributed by atoms with van der Waals surface area (Å²) in [4.78, 5) is 0.889. The standard InChI is InChI=1S/C13H17N3OS/c1-5-17-10-6-7-12-11(8-10)16(4)13(18-12)15-14-9(2)3/h6-8H,5H2,1-4H3/b15-13-. The van der Waals surface area contributed by atoms with E-state index in [1.807, 2.05) is 44.5 Å². The number of aromatic nitrogens is 1. The molecular weight excluding hydrogens is 246 g/mol. The molecule has 96 valence electrons. The number of hydrogen-bond acceptors (Lipinski definition) is 4. The normalized spacial score (nSPS) is 11.9. The van der Waals surface area contributed by atoms with E-state index < -0.39 is 0 Å². The van der Waals surface area contributed by atoms with Crippen molar-refractivity contribution in [3.05, 3.63) is 23.0 Å². The van der Waals surface area contributed by atoms with Gasteiger partial charge in [-0.15, -0.1) is 5.10 Å². The van der Waals surface area contributed by atoms with Crippen molar-refractivity contribution in [2.24, 2.45) is 17.3 Å². The summed E-state index contributed by atoms with van der Waals surface area (Å²) in [6.07, 6.45) is 0. The molecule has 0 unspecified atom stereocenters. The monoisotopic (exact) mass is 263 g/mol. The van der Waals surface area contributed by atoms with Gasteiger partial charge in [-0.2, -0.15) is 5.10 Å². The number of fused-ring (bicyclic) bond motifs is 1. The molecule has 0 aliphatic heterocycles. The smallest absolute Gasteiger partial charge is 0.211 e. The molecular formula is C13H17N3OS. The van der Waals surface area contributed by atoms with Crippen LogP contribution >= 0.6 is 11.3 Å². The molecule has 2 rings (SSSR count). The Morgan fingerprint density at radius 1 is 1.39 bits per heavy atom. The van der Waals surface area contributed by atoms with Crippen molar-refractivity contribution in [3.8, 4) is 5.75 Å². The third kappa shape index (κ3) is 2.61. The second kappa shape index (κ2) is 5.35. The summed E-state index contributed by atoms with van der Waals surface area (Å²) in [7, 11) is 1.99. The van der Waals surface area contributed by atoms with Gasteiger partial charge in [-0.3, -0.25) is 0 Å². The predicted molar refractivity (Wildman–Crippen MR) is 76.3 cm³/mol. The number of rotatable bonds is 3. The van der Waals surface area contributed by atoms with E-state index in [0.717, 1.165) is 21.8 Å². The number of aryl methyl sites for hydroxylation is 1. The van der Waals surface area contributed by atoms with Gasteiger partial charge in [0, 0.05) is 18.8 Å². The molecule has 1 aromatic carbocycles. The van der Waals surface area contributed by atoms with E-state index in [1.54, 1.807) is 11.3 Å². The predicted octanol–water partition coefficient (Wildman–Crippen LogP) is 2.94. The zero-order valence-corrected chi connectivity index (χ0v) is 11.9. The maximum absolute atomic E-state index is 5.51. The molecule has 2 aromatic rings. The highest BCUT2D eigenvalue weighted by Crippen LogP contribution is 2.22. The van der Waals surface area contributed by atoms with Crippen LogP contribution in [-0.2, 0) is 7.05 Å². The fourth-order valence-corrected chi connectivity index (χ4v) is 2.55. The minimum Gasteiger partial charge on any atom is -0.494 e. The van der Waals surface area contributed by atoms with Crippen LogP contribution in [0.4, 0.5) is 0 Å². The second-order valence-corrected chi connectivity index (χ2v) is 5.16. The van der Waals surface area contributed by atoms with Crippen LogP contribution < -0.4 is 9.54 Å². The van der Waals surface area contributed by atoms with E-state index in [4.69, 9.17) is 4.74 Å². The highest BCUT2D eigenvalue weighted by molar-refractivity contribution is 7.16. The van der Waals surface area contributed by atoms with Gasteiger partial charge in [-0.25, -0.2) is 0 Å². The van der Waals surface area contributed by atoms with Gasteiger partial charge in [0.2, 0.25) is 4.80 Å². The maximum atomic E-state index is 5.51. The van der Waals surface area contributed by atoms with E-state index >= 15 is 0 Å². The van der Waals surface area contributed by atoms with Crippen LogP contribution in [-0.4, -0.2) is 16.9 Å². The Morgan fingerprint density at radius 2 is 2.17 bits per heavy atom. The molecule has 0 saturated carbocycles. The van der Waals surface area contributed by atoms with Gasteiger partial charge < -0.3 is 9.30 Å². The molecule has 18 heavy (non-hydrogen) atoms. The minimum absolute atomic E-state index is 0.677. The summed E-state index contributed by atoms with van der Waals surface area (Å²) in [5, 5.41) is 8.36. The van der Waals surface area contributed by atoms with Gasteiger partial charge in [-0.05, 0) is 32.9 Å². The van der Waals surface area contributed by atoms with Gasteiger partial charge >= 0.3 is 0 Å². The Morgan fingerprint density at radius 3 is 2.83 bits per heavy atom. The summed E-state index contributed by atoms with van der Waals surface area (Å²) in [5.74, 6) is 0.889. The highest BCUT2D eigenvalue weighted by atomic mass is 32.1. The summed E-state index contributed by atoms with van der Waals surface area (Å²) >= 11 is 1.63. The lowest BCUT2D eigenvalue weighted by Crippen LogP contribution is -2.09. The topological polar surface area (TPSA) is 38.9 Å². The molecule has 4 nitrogen and oxygen atoms in total. The third-order valence-corrected chi connectivity index (χ3v) is 3.53. The van der Waals surface area contributed by atoms with E-state index in [2.05, 4.69) is 16.3 Å². The van der Waals surface area contributed by atoms with E-state index in [1.165, 1.54) is 4.70 Å². The van der Waals surface area contributed by atoms with Gasteiger partial charge in [-0.1, -0.05) is 11.3 Å². The van der Waals surface area contributed by atoms with Crippen LogP contribution in [0, 0.1) is 0 Å². The van der Waals surface area contributed by atoms with Crippen LogP contribution in [0.15, 0.2) is 28.4 Å². The Hall–Kier alpha value is -1.62. The molecule has 0 atom stereocenters. The number of benzene rings is 1. The quantitative estimate of drug-likeness (QED) is 0.620. The Balaban J connectivity index is 2.56. The number of ether oxygens (including phenoxy) is 1. The molecule has 5 heteroatoms. The molecule has 0 N–H and O–H groups in total. The Labute approximate surface area is 110 Å². The average molecular weight is 263 g/mol. The Bertz CT molecular complexity index is 648. The van der Waals surface area contributed by atoms with E-state index in [9.17, 15) is 0 Å². The van der Waals surface area contributed by atoms with Gasteiger partial charge in [0.1, 0.15) is 5.75 Å². The molecule has 0 saturated heterocycles. The molecule has 0 amide bonds. The van der Waals surface area contributed by atoms with Crippen LogP contribution in [0.25, 0.3) is 10.2 Å². The zero-order valence-electron chi connectivity index (χ0n) is 11.1. The first kappa shape index (κ1) is 12.8. The first-order valence-electron chi connectivity index (χ1n) is 5.89. The van der Waals surface area contributed by atoms with E-state index in [0.29, 0.717) is 6.61 Å². The van der Waals surface area contributed by atoms with Crippen LogP contribution in [0.2, 0.25) is 0 Å². The molecule has 0 aliphatic carbocycles. The first-order valence-corrected chi connectivity index (χ1v) is 6.70. The lowest BCUT2D eigenvalue weighted by atomic mass is 10.3. The molecule has 0 spiro atoms. The molecule has 0 radical (unpaired) electrons. The van der Waals surface area contributed by atoms with Gasteiger partial charge in [0.15, 0.2) is 0 Å². The lowest BCUT2D eigenvalue weighted by Gasteiger charge is -2.02. The number of nitrogens with zero attached hydrogens (tertiary/aromatic N) is 3. The van der Waals surface area contributed by atoms with Crippen molar-refractivity contribution >= 4 is 27.3 Å². The molecule has 1 aromatic heterocycles. The minimum atomic E-state index is 0.677. The summed E-state index contributed by atoms with van der Waals surface area (Å²) in [6.45, 7) is 6.53. The number of hydrogen-bond donors (Lipinski definition) is 0. The lowest BCUT2D eigenvalue weighted by molar-refractivity contribution is 0.340. The summed E-state index contributed by atoms with van der Waals surface area (Å²) in [5.41, 5.74) is 2.07. The largest absolute Gasteiger partial charge is 0.494 e. The highest BCUT2D eigenvalue weighted by Gasteiger charge is 2.04. The number of thiazole rings is 1. The second-order valence-electron chi connectivity index (χ2n) is 4.15. The maximum Gasteiger partial charge on any atom is 0.211 e. The van der Waals surface area contributed by atoms with Crippen molar-refractivity contribution in [1.29, 1.82) is 0 Å². The summed E-state index contributed by atoms with van der Waals surface area (Å²) < 4.78 is 8.73. The molecule has 0 fully saturated rings. The average Bonchev–Trinajstić information content (AvgIpc) is 2.64. The van der Waals surface area contributed by atoms with Crippen molar-refractivity contribution in [2.75, 3.05) is 6.61 Å². The fraction of sp³-hybridized carbons (Fsp3) is 0.385. The van der Waals surface area contributed by atoms with Crippen molar-refractivity contribution in [2.45, 2.75) is 20.8 Å². The fourth-order valence-electron chi connectivity index (χ4n) is 1.60. The van der Waals surface area contributed by atoms with Crippen LogP contribution in [0.5, 0.6) is 5.75 Å². The van der Waals surface area contributed by atoms with Gasteiger partial charge in [0.25, 0.3) is 0 Å². The van der Waals surface area contributed by atoms with E-state index in [-0.39, 0.29) is 0 Å².